The van der Waals surface area contributed by atoms with Crippen molar-refractivity contribution in [2.24, 2.45) is 5.73 Å². The molecule has 0 spiro atoms. The average molecular weight is 325 g/mol. The Hall–Kier alpha value is -0.570. The van der Waals surface area contributed by atoms with Crippen molar-refractivity contribution in [1.82, 2.24) is 4.31 Å². The van der Waals surface area contributed by atoms with Gasteiger partial charge in [0.1, 0.15) is 0 Å². The van der Waals surface area contributed by atoms with E-state index >= 15 is 0 Å². The minimum atomic E-state index is 0.236. The molecule has 1 aliphatic heterocycles. The standard InChI is InChI=1S/C19H36N2S/c1-4-6-8-10-12-16-19(3,15-11-9-7-5-2)21-17-13-14-18(20)22-21/h13-14,17H,4-12,15-16,20H2,1-3H3. The van der Waals surface area contributed by atoms with Crippen LogP contribution in [0, 0.1) is 0 Å². The highest BCUT2D eigenvalue weighted by Crippen LogP contribution is 2.37. The van der Waals surface area contributed by atoms with Gasteiger partial charge in [0.15, 0.2) is 0 Å². The van der Waals surface area contributed by atoms with Gasteiger partial charge in [0.2, 0.25) is 0 Å². The molecule has 3 heteroatoms. The molecule has 0 aromatic heterocycles. The van der Waals surface area contributed by atoms with E-state index in [1.165, 1.54) is 70.6 Å². The van der Waals surface area contributed by atoms with Gasteiger partial charge in [0.25, 0.3) is 0 Å². The molecule has 0 aromatic carbocycles. The molecule has 1 rings (SSSR count). The second kappa shape index (κ2) is 11.0. The number of rotatable bonds is 12. The summed E-state index contributed by atoms with van der Waals surface area (Å²) in [6.07, 6.45) is 21.0. The summed E-state index contributed by atoms with van der Waals surface area (Å²) >= 11 is 1.71. The van der Waals surface area contributed by atoms with Crippen molar-refractivity contribution >= 4 is 11.9 Å². The van der Waals surface area contributed by atoms with Crippen molar-refractivity contribution in [3.8, 4) is 0 Å². The van der Waals surface area contributed by atoms with Gasteiger partial charge in [-0.1, -0.05) is 71.6 Å². The minimum Gasteiger partial charge on any atom is -0.392 e. The highest BCUT2D eigenvalue weighted by molar-refractivity contribution is 8.00. The maximum atomic E-state index is 6.02. The van der Waals surface area contributed by atoms with Crippen molar-refractivity contribution in [2.75, 3.05) is 0 Å². The quantitative estimate of drug-likeness (QED) is 0.335. The zero-order chi connectivity index (χ0) is 16.3. The first-order valence-electron chi connectivity index (χ1n) is 9.23. The van der Waals surface area contributed by atoms with Crippen LogP contribution in [0.5, 0.6) is 0 Å². The molecule has 1 unspecified atom stereocenters. The number of nitrogens with two attached hydrogens (primary N) is 1. The number of allylic oxidation sites excluding steroid dienone is 2. The monoisotopic (exact) mass is 324 g/mol. The zero-order valence-corrected chi connectivity index (χ0v) is 15.8. The van der Waals surface area contributed by atoms with Gasteiger partial charge in [0, 0.05) is 23.7 Å². The summed E-state index contributed by atoms with van der Waals surface area (Å²) in [4.78, 5) is 0. The van der Waals surface area contributed by atoms with Gasteiger partial charge in [-0.3, -0.25) is 0 Å². The maximum Gasteiger partial charge on any atom is 0.0868 e. The number of nitrogens with zero attached hydrogens (tertiary/aromatic N) is 1. The summed E-state index contributed by atoms with van der Waals surface area (Å²) in [5.74, 6) is 0. The molecular weight excluding hydrogens is 288 g/mol. The van der Waals surface area contributed by atoms with Gasteiger partial charge in [-0.15, -0.1) is 0 Å². The van der Waals surface area contributed by atoms with Gasteiger partial charge in [-0.05, 0) is 31.9 Å². The summed E-state index contributed by atoms with van der Waals surface area (Å²) in [5.41, 5.74) is 6.26. The van der Waals surface area contributed by atoms with Crippen LogP contribution in [0.2, 0.25) is 0 Å². The summed E-state index contributed by atoms with van der Waals surface area (Å²) in [6.45, 7) is 6.98. The van der Waals surface area contributed by atoms with Gasteiger partial charge in [0.05, 0.1) is 5.03 Å². The van der Waals surface area contributed by atoms with Crippen molar-refractivity contribution < 1.29 is 0 Å². The topological polar surface area (TPSA) is 29.3 Å². The SMILES string of the molecule is CCCCCCCC(C)(CCCCCC)N1C=CC=C(N)S1. The molecule has 0 aromatic rings. The summed E-state index contributed by atoms with van der Waals surface area (Å²) in [5, 5.41) is 0.910. The molecule has 0 saturated heterocycles. The molecule has 0 bridgehead atoms. The Bertz CT molecular complexity index is 351. The van der Waals surface area contributed by atoms with E-state index in [-0.39, 0.29) is 5.54 Å². The molecule has 1 atom stereocenters. The maximum absolute atomic E-state index is 6.02. The molecule has 1 heterocycles. The van der Waals surface area contributed by atoms with E-state index in [2.05, 4.69) is 37.4 Å². The summed E-state index contributed by atoms with van der Waals surface area (Å²) in [6, 6.07) is 0. The van der Waals surface area contributed by atoms with Crippen LogP contribution in [0.1, 0.15) is 91.4 Å². The molecular formula is C19H36N2S. The summed E-state index contributed by atoms with van der Waals surface area (Å²) < 4.78 is 2.41. The Morgan fingerprint density at radius 3 is 2.05 bits per heavy atom. The lowest BCUT2D eigenvalue weighted by molar-refractivity contribution is 0.230. The molecule has 0 saturated carbocycles. The van der Waals surface area contributed by atoms with Crippen LogP contribution in [0.15, 0.2) is 23.4 Å². The van der Waals surface area contributed by atoms with Crippen LogP contribution < -0.4 is 5.73 Å². The fourth-order valence-electron chi connectivity index (χ4n) is 3.07. The van der Waals surface area contributed by atoms with Crippen molar-refractivity contribution in [3.63, 3.8) is 0 Å². The van der Waals surface area contributed by atoms with Crippen LogP contribution >= 0.6 is 11.9 Å². The second-order valence-electron chi connectivity index (χ2n) is 6.80. The second-order valence-corrected chi connectivity index (χ2v) is 7.85. The van der Waals surface area contributed by atoms with Gasteiger partial charge in [-0.2, -0.15) is 0 Å². The predicted octanol–water partition coefficient (Wildman–Crippen LogP) is 6.35. The third-order valence-electron chi connectivity index (χ3n) is 4.61. The lowest BCUT2D eigenvalue weighted by Crippen LogP contribution is -2.40. The third kappa shape index (κ3) is 7.13. The molecule has 22 heavy (non-hydrogen) atoms. The molecule has 0 radical (unpaired) electrons. The van der Waals surface area contributed by atoms with E-state index in [0.717, 1.165) is 5.03 Å². The van der Waals surface area contributed by atoms with E-state index in [4.69, 9.17) is 5.73 Å². The van der Waals surface area contributed by atoms with E-state index in [1.807, 2.05) is 6.08 Å². The minimum absolute atomic E-state index is 0.236. The van der Waals surface area contributed by atoms with Gasteiger partial charge in [-0.25, -0.2) is 0 Å². The molecule has 2 nitrogen and oxygen atoms in total. The fourth-order valence-corrected chi connectivity index (χ4v) is 3.97. The summed E-state index contributed by atoms with van der Waals surface area (Å²) in [7, 11) is 0. The van der Waals surface area contributed by atoms with Gasteiger partial charge < -0.3 is 10.0 Å². The van der Waals surface area contributed by atoms with Crippen molar-refractivity contribution in [3.05, 3.63) is 23.4 Å². The lowest BCUT2D eigenvalue weighted by atomic mass is 9.88. The Morgan fingerprint density at radius 1 is 0.955 bits per heavy atom. The average Bonchev–Trinajstić information content (AvgIpc) is 2.51. The third-order valence-corrected chi connectivity index (χ3v) is 5.71. The van der Waals surface area contributed by atoms with E-state index in [1.54, 1.807) is 11.9 Å². The highest BCUT2D eigenvalue weighted by Gasteiger charge is 2.30. The zero-order valence-electron chi connectivity index (χ0n) is 14.9. The molecule has 0 aliphatic carbocycles. The molecule has 0 fully saturated rings. The van der Waals surface area contributed by atoms with Crippen molar-refractivity contribution in [2.45, 2.75) is 96.9 Å². The van der Waals surface area contributed by atoms with Gasteiger partial charge >= 0.3 is 0 Å². The first-order valence-corrected chi connectivity index (χ1v) is 10.0. The largest absolute Gasteiger partial charge is 0.392 e. The smallest absolute Gasteiger partial charge is 0.0868 e. The van der Waals surface area contributed by atoms with Crippen LogP contribution in [0.3, 0.4) is 0 Å². The van der Waals surface area contributed by atoms with Crippen LogP contribution in [0.4, 0.5) is 0 Å². The van der Waals surface area contributed by atoms with Crippen molar-refractivity contribution in [1.29, 1.82) is 0 Å². The Morgan fingerprint density at radius 2 is 1.50 bits per heavy atom. The normalized spacial score (nSPS) is 17.4. The van der Waals surface area contributed by atoms with Crippen LogP contribution in [0.25, 0.3) is 0 Å². The van der Waals surface area contributed by atoms with E-state index < -0.39 is 0 Å². The van der Waals surface area contributed by atoms with Crippen LogP contribution in [-0.4, -0.2) is 9.84 Å². The number of hydrogen-bond acceptors (Lipinski definition) is 3. The first-order chi connectivity index (χ1) is 10.6. The molecule has 128 valence electrons. The van der Waals surface area contributed by atoms with E-state index in [9.17, 15) is 0 Å². The number of hydrogen-bond donors (Lipinski definition) is 1. The number of unbranched alkanes of at least 4 members (excludes halogenated alkanes) is 7. The first kappa shape index (κ1) is 19.5. The fraction of sp³-hybridized carbons (Fsp3) is 0.789. The van der Waals surface area contributed by atoms with Crippen LogP contribution in [-0.2, 0) is 0 Å². The Kier molecular flexibility index (Phi) is 9.77. The predicted molar refractivity (Wildman–Crippen MR) is 101 cm³/mol. The van der Waals surface area contributed by atoms with E-state index in [0.29, 0.717) is 0 Å². The Labute approximate surface area is 142 Å². The lowest BCUT2D eigenvalue weighted by Gasteiger charge is -2.41. The highest BCUT2D eigenvalue weighted by atomic mass is 32.2. The molecule has 0 amide bonds. The Balaban J connectivity index is 2.51. The molecule has 1 aliphatic rings. The molecule has 2 N–H and O–H groups in total.